The summed E-state index contributed by atoms with van der Waals surface area (Å²) in [6.07, 6.45) is -4.49. The summed E-state index contributed by atoms with van der Waals surface area (Å²) < 4.78 is 46.1. The molecule has 2 N–H and O–H groups in total. The highest BCUT2D eigenvalue weighted by Crippen LogP contribution is 2.35. The molecule has 186 valence electrons. The van der Waals surface area contributed by atoms with Crippen molar-refractivity contribution in [2.24, 2.45) is 7.05 Å². The van der Waals surface area contributed by atoms with Gasteiger partial charge in [-0.25, -0.2) is 4.79 Å². The number of rotatable bonds is 6. The Morgan fingerprint density at radius 1 is 0.972 bits per heavy atom. The highest BCUT2D eigenvalue weighted by molar-refractivity contribution is 6.09. The molecule has 0 aliphatic heterocycles. The van der Waals surface area contributed by atoms with Crippen LogP contribution in [0.4, 0.5) is 24.5 Å². The number of amides is 1. The van der Waals surface area contributed by atoms with Gasteiger partial charge in [-0.15, -0.1) is 0 Å². The molecular weight excluding hydrogens is 471 g/mol. The number of esters is 1. The standard InChI is InChI=1S/C27H24F3N3O3/c1-16(17-11-13-18(14-12-17)26(35)36-3)31-25(34)24-23(21-9-4-5-10-22(21)33(24)2)32-20-8-6-7-19(15-20)27(28,29)30/h4-16,32H,1-3H3,(H,31,34)/t16-/m0/s1. The quantitative estimate of drug-likeness (QED) is 0.312. The van der Waals surface area contributed by atoms with Gasteiger partial charge in [0.15, 0.2) is 0 Å². The van der Waals surface area contributed by atoms with E-state index in [1.807, 2.05) is 12.1 Å². The van der Waals surface area contributed by atoms with E-state index < -0.39 is 29.7 Å². The second-order valence-corrected chi connectivity index (χ2v) is 8.31. The molecule has 0 aliphatic rings. The first-order valence-corrected chi connectivity index (χ1v) is 11.1. The van der Waals surface area contributed by atoms with Crippen LogP contribution in [0.2, 0.25) is 0 Å². The molecule has 0 radical (unpaired) electrons. The lowest BCUT2D eigenvalue weighted by Crippen LogP contribution is -2.29. The Bertz CT molecular complexity index is 1430. The van der Waals surface area contributed by atoms with Gasteiger partial charge in [-0.2, -0.15) is 13.2 Å². The monoisotopic (exact) mass is 495 g/mol. The fourth-order valence-corrected chi connectivity index (χ4v) is 4.08. The molecule has 1 amide bonds. The first-order chi connectivity index (χ1) is 17.1. The summed E-state index contributed by atoms with van der Waals surface area (Å²) in [4.78, 5) is 25.1. The second kappa shape index (κ2) is 9.77. The number of benzene rings is 3. The van der Waals surface area contributed by atoms with Gasteiger partial charge in [0.1, 0.15) is 5.69 Å². The molecule has 0 aliphatic carbocycles. The number of aromatic nitrogens is 1. The van der Waals surface area contributed by atoms with E-state index in [-0.39, 0.29) is 11.4 Å². The minimum Gasteiger partial charge on any atom is -0.465 e. The largest absolute Gasteiger partial charge is 0.465 e. The van der Waals surface area contributed by atoms with Gasteiger partial charge >= 0.3 is 12.1 Å². The maximum absolute atomic E-state index is 13.5. The number of hydrogen-bond donors (Lipinski definition) is 2. The molecule has 0 saturated heterocycles. The summed E-state index contributed by atoms with van der Waals surface area (Å²) >= 11 is 0. The van der Waals surface area contributed by atoms with Crippen LogP contribution in [-0.4, -0.2) is 23.6 Å². The number of anilines is 2. The number of hydrogen-bond acceptors (Lipinski definition) is 4. The van der Waals surface area contributed by atoms with E-state index in [1.165, 1.54) is 19.2 Å². The predicted octanol–water partition coefficient (Wildman–Crippen LogP) is 6.22. The molecule has 1 aromatic heterocycles. The molecule has 0 fully saturated rings. The number of nitrogens with zero attached hydrogens (tertiary/aromatic N) is 1. The summed E-state index contributed by atoms with van der Waals surface area (Å²) in [6.45, 7) is 1.80. The molecule has 0 saturated carbocycles. The normalized spacial score (nSPS) is 12.3. The Kier molecular flexibility index (Phi) is 6.74. The Morgan fingerprint density at radius 3 is 2.33 bits per heavy atom. The van der Waals surface area contributed by atoms with Crippen molar-refractivity contribution in [1.29, 1.82) is 0 Å². The van der Waals surface area contributed by atoms with Gasteiger partial charge in [0.25, 0.3) is 5.91 Å². The van der Waals surface area contributed by atoms with E-state index in [9.17, 15) is 22.8 Å². The highest BCUT2D eigenvalue weighted by atomic mass is 19.4. The molecular formula is C27H24F3N3O3. The summed E-state index contributed by atoms with van der Waals surface area (Å²) in [6, 6.07) is 18.4. The van der Waals surface area contributed by atoms with Crippen LogP contribution in [-0.2, 0) is 18.0 Å². The number of alkyl halides is 3. The zero-order chi connectivity index (χ0) is 26.0. The molecule has 36 heavy (non-hydrogen) atoms. The lowest BCUT2D eigenvalue weighted by Gasteiger charge is -2.17. The highest BCUT2D eigenvalue weighted by Gasteiger charge is 2.31. The van der Waals surface area contributed by atoms with E-state index in [4.69, 9.17) is 4.74 Å². The maximum Gasteiger partial charge on any atom is 0.416 e. The average Bonchev–Trinajstić information content (AvgIpc) is 3.14. The molecule has 6 nitrogen and oxygen atoms in total. The topological polar surface area (TPSA) is 72.4 Å². The smallest absolute Gasteiger partial charge is 0.416 e. The number of methoxy groups -OCH3 is 1. The molecule has 0 unspecified atom stereocenters. The lowest BCUT2D eigenvalue weighted by atomic mass is 10.1. The number of aryl methyl sites for hydroxylation is 1. The molecule has 4 rings (SSSR count). The van der Waals surface area contributed by atoms with E-state index >= 15 is 0 Å². The van der Waals surface area contributed by atoms with Gasteiger partial charge in [-0.1, -0.05) is 36.4 Å². The van der Waals surface area contributed by atoms with Crippen molar-refractivity contribution in [3.05, 3.63) is 95.2 Å². The third-order valence-corrected chi connectivity index (χ3v) is 5.96. The number of carbonyl (C=O) groups excluding carboxylic acids is 2. The van der Waals surface area contributed by atoms with Crippen LogP contribution in [0.25, 0.3) is 10.9 Å². The Hall–Kier alpha value is -4.27. The van der Waals surface area contributed by atoms with Gasteiger partial charge in [-0.05, 0) is 48.9 Å². The summed E-state index contributed by atoms with van der Waals surface area (Å²) in [5, 5.41) is 6.67. The maximum atomic E-state index is 13.5. The number of carbonyl (C=O) groups is 2. The third kappa shape index (κ3) is 4.91. The van der Waals surface area contributed by atoms with Crippen molar-refractivity contribution < 1.29 is 27.5 Å². The molecule has 0 bridgehead atoms. The van der Waals surface area contributed by atoms with Gasteiger partial charge < -0.3 is 19.9 Å². The van der Waals surface area contributed by atoms with Crippen molar-refractivity contribution in [2.45, 2.75) is 19.1 Å². The molecule has 1 heterocycles. The zero-order valence-corrected chi connectivity index (χ0v) is 19.8. The van der Waals surface area contributed by atoms with Gasteiger partial charge in [0.05, 0.1) is 35.5 Å². The predicted molar refractivity (Wildman–Crippen MR) is 131 cm³/mol. The van der Waals surface area contributed by atoms with Crippen molar-refractivity contribution in [1.82, 2.24) is 9.88 Å². The Balaban J connectivity index is 1.67. The average molecular weight is 496 g/mol. The fourth-order valence-electron chi connectivity index (χ4n) is 4.08. The Morgan fingerprint density at radius 2 is 1.67 bits per heavy atom. The van der Waals surface area contributed by atoms with Crippen LogP contribution in [0.5, 0.6) is 0 Å². The van der Waals surface area contributed by atoms with Crippen LogP contribution in [0, 0.1) is 0 Å². The van der Waals surface area contributed by atoms with Crippen molar-refractivity contribution in [3.8, 4) is 0 Å². The van der Waals surface area contributed by atoms with Crippen LogP contribution in [0.15, 0.2) is 72.8 Å². The van der Waals surface area contributed by atoms with E-state index in [0.29, 0.717) is 16.6 Å². The fraction of sp³-hybridized carbons (Fsp3) is 0.185. The van der Waals surface area contributed by atoms with E-state index in [0.717, 1.165) is 23.2 Å². The van der Waals surface area contributed by atoms with Crippen LogP contribution in [0.3, 0.4) is 0 Å². The number of para-hydroxylation sites is 1. The molecule has 0 spiro atoms. The van der Waals surface area contributed by atoms with Crippen LogP contribution in [0.1, 0.15) is 44.9 Å². The Labute approximate surface area is 205 Å². The summed E-state index contributed by atoms with van der Waals surface area (Å²) in [5.41, 5.74) is 1.99. The molecule has 1 atom stereocenters. The first kappa shape index (κ1) is 24.8. The van der Waals surface area contributed by atoms with Gasteiger partial charge in [0.2, 0.25) is 0 Å². The number of nitrogens with one attached hydrogen (secondary N) is 2. The van der Waals surface area contributed by atoms with Crippen molar-refractivity contribution >= 4 is 34.2 Å². The van der Waals surface area contributed by atoms with Crippen LogP contribution < -0.4 is 10.6 Å². The SMILES string of the molecule is COC(=O)c1ccc([C@H](C)NC(=O)c2c(Nc3cccc(C(F)(F)F)c3)c3ccccc3n2C)cc1. The first-order valence-electron chi connectivity index (χ1n) is 11.1. The second-order valence-electron chi connectivity index (χ2n) is 8.31. The number of fused-ring (bicyclic) bond motifs is 1. The summed E-state index contributed by atoms with van der Waals surface area (Å²) in [7, 11) is 3.03. The lowest BCUT2D eigenvalue weighted by molar-refractivity contribution is -0.137. The van der Waals surface area contributed by atoms with Crippen molar-refractivity contribution in [3.63, 3.8) is 0 Å². The minimum atomic E-state index is -4.49. The zero-order valence-electron chi connectivity index (χ0n) is 19.8. The van der Waals surface area contributed by atoms with Gasteiger partial charge in [0, 0.05) is 18.1 Å². The van der Waals surface area contributed by atoms with Gasteiger partial charge in [-0.3, -0.25) is 4.79 Å². The van der Waals surface area contributed by atoms with Crippen LogP contribution >= 0.6 is 0 Å². The molecule has 4 aromatic rings. The number of ether oxygens (including phenoxy) is 1. The van der Waals surface area contributed by atoms with Crippen molar-refractivity contribution in [2.75, 3.05) is 12.4 Å². The molecule has 3 aromatic carbocycles. The summed E-state index contributed by atoms with van der Waals surface area (Å²) in [5.74, 6) is -0.869. The minimum absolute atomic E-state index is 0.210. The van der Waals surface area contributed by atoms with E-state index in [1.54, 1.807) is 54.9 Å². The third-order valence-electron chi connectivity index (χ3n) is 5.96. The van der Waals surface area contributed by atoms with E-state index in [2.05, 4.69) is 10.6 Å². The number of halogens is 3. The molecule has 9 heteroatoms.